The lowest BCUT2D eigenvalue weighted by atomic mass is 9.83. The molecule has 0 bridgehead atoms. The summed E-state index contributed by atoms with van der Waals surface area (Å²) < 4.78 is 38.8. The Bertz CT molecular complexity index is 745. The van der Waals surface area contributed by atoms with Crippen molar-refractivity contribution in [3.63, 3.8) is 0 Å². The molecule has 2 saturated heterocycles. The van der Waals surface area contributed by atoms with E-state index in [1.165, 1.54) is 12.1 Å². The molecule has 1 aromatic rings. The fourth-order valence-electron chi connectivity index (χ4n) is 3.77. The van der Waals surface area contributed by atoms with Crippen LogP contribution in [0.15, 0.2) is 24.3 Å². The molecule has 2 fully saturated rings. The molecule has 2 N–H and O–H groups in total. The highest BCUT2D eigenvalue weighted by Gasteiger charge is 2.39. The normalized spacial score (nSPS) is 23.4. The van der Waals surface area contributed by atoms with Crippen molar-refractivity contribution in [3.8, 4) is 0 Å². The minimum absolute atomic E-state index is 0.0460. The fraction of sp³-hybridized carbons (Fsp3) is 0.579. The number of alkyl halides is 3. The van der Waals surface area contributed by atoms with Crippen LogP contribution in [0.3, 0.4) is 0 Å². The summed E-state index contributed by atoms with van der Waals surface area (Å²) >= 11 is 0. The van der Waals surface area contributed by atoms with Crippen molar-refractivity contribution in [1.29, 1.82) is 0 Å². The third-order valence-corrected chi connectivity index (χ3v) is 5.64. The number of halogens is 3. The molecule has 3 rings (SSSR count). The van der Waals surface area contributed by atoms with Gasteiger partial charge < -0.3 is 15.3 Å². The Kier molecular flexibility index (Phi) is 5.67. The van der Waals surface area contributed by atoms with E-state index in [1.54, 1.807) is 11.9 Å². The number of nitrogens with one attached hydrogen (secondary N) is 1. The van der Waals surface area contributed by atoms with Gasteiger partial charge in [-0.05, 0) is 37.6 Å². The van der Waals surface area contributed by atoms with Crippen molar-refractivity contribution >= 4 is 11.8 Å². The Morgan fingerprint density at radius 1 is 1.29 bits per heavy atom. The van der Waals surface area contributed by atoms with Crippen LogP contribution in [0.5, 0.6) is 0 Å². The lowest BCUT2D eigenvalue weighted by Crippen LogP contribution is -2.55. The number of piperidine rings is 1. The Labute approximate surface area is 161 Å². The standard InChI is InChI=1S/C19H24F3N3O3/c1-24-10-7-23-17(27)15(24)12-16(26)25-8-5-18(28,6-9-25)13-3-2-4-14(11-13)19(20,21)22/h2-4,11,15,28H,5-10,12H2,1H3,(H,23,27). The summed E-state index contributed by atoms with van der Waals surface area (Å²) in [5.74, 6) is -0.375. The van der Waals surface area contributed by atoms with Gasteiger partial charge in [0.25, 0.3) is 0 Å². The highest BCUT2D eigenvalue weighted by atomic mass is 19.4. The van der Waals surface area contributed by atoms with Crippen LogP contribution in [-0.2, 0) is 21.4 Å². The van der Waals surface area contributed by atoms with Crippen LogP contribution < -0.4 is 5.32 Å². The number of likely N-dealkylation sites (N-methyl/N-ethyl adjacent to an activating group) is 1. The van der Waals surface area contributed by atoms with Gasteiger partial charge in [-0.3, -0.25) is 14.5 Å². The number of piperazine rings is 1. The van der Waals surface area contributed by atoms with Crippen molar-refractivity contribution in [2.24, 2.45) is 0 Å². The predicted molar refractivity (Wildman–Crippen MR) is 95.2 cm³/mol. The molecule has 0 radical (unpaired) electrons. The monoisotopic (exact) mass is 399 g/mol. The van der Waals surface area contributed by atoms with E-state index in [2.05, 4.69) is 5.32 Å². The molecular formula is C19H24F3N3O3. The van der Waals surface area contributed by atoms with E-state index in [0.717, 1.165) is 12.1 Å². The highest BCUT2D eigenvalue weighted by molar-refractivity contribution is 5.88. The van der Waals surface area contributed by atoms with Crippen LogP contribution in [0.4, 0.5) is 13.2 Å². The molecule has 2 aliphatic rings. The molecule has 28 heavy (non-hydrogen) atoms. The molecule has 2 heterocycles. The van der Waals surface area contributed by atoms with Gasteiger partial charge >= 0.3 is 6.18 Å². The van der Waals surface area contributed by atoms with Gasteiger partial charge in [0, 0.05) is 26.2 Å². The minimum atomic E-state index is -4.48. The van der Waals surface area contributed by atoms with E-state index in [0.29, 0.717) is 13.1 Å². The third kappa shape index (κ3) is 4.30. The quantitative estimate of drug-likeness (QED) is 0.805. The lowest BCUT2D eigenvalue weighted by Gasteiger charge is -2.40. The molecule has 0 aromatic heterocycles. The van der Waals surface area contributed by atoms with Crippen LogP contribution in [0.2, 0.25) is 0 Å². The van der Waals surface area contributed by atoms with Gasteiger partial charge in [0.2, 0.25) is 11.8 Å². The average Bonchev–Trinajstić information content (AvgIpc) is 2.65. The van der Waals surface area contributed by atoms with Crippen LogP contribution in [0, 0.1) is 0 Å². The van der Waals surface area contributed by atoms with Crippen LogP contribution in [0.25, 0.3) is 0 Å². The maximum Gasteiger partial charge on any atom is 0.416 e. The molecule has 1 unspecified atom stereocenters. The number of aliphatic hydroxyl groups is 1. The summed E-state index contributed by atoms with van der Waals surface area (Å²) in [5, 5.41) is 13.6. The molecule has 2 amide bonds. The Balaban J connectivity index is 1.63. The number of hydrogen-bond donors (Lipinski definition) is 2. The SMILES string of the molecule is CN1CCNC(=O)C1CC(=O)N1CCC(O)(c2cccc(C(F)(F)F)c2)CC1. The van der Waals surface area contributed by atoms with E-state index < -0.39 is 23.4 Å². The summed E-state index contributed by atoms with van der Waals surface area (Å²) in [4.78, 5) is 27.9. The third-order valence-electron chi connectivity index (χ3n) is 5.64. The maximum absolute atomic E-state index is 12.9. The van der Waals surface area contributed by atoms with Crippen LogP contribution >= 0.6 is 0 Å². The molecule has 154 valence electrons. The van der Waals surface area contributed by atoms with Crippen molar-refractivity contribution in [2.75, 3.05) is 33.2 Å². The first-order valence-corrected chi connectivity index (χ1v) is 9.26. The fourth-order valence-corrected chi connectivity index (χ4v) is 3.77. The minimum Gasteiger partial charge on any atom is -0.385 e. The highest BCUT2D eigenvalue weighted by Crippen LogP contribution is 2.36. The smallest absolute Gasteiger partial charge is 0.385 e. The van der Waals surface area contributed by atoms with Gasteiger partial charge in [0.05, 0.1) is 23.6 Å². The zero-order valence-corrected chi connectivity index (χ0v) is 15.6. The molecule has 1 atom stereocenters. The largest absolute Gasteiger partial charge is 0.416 e. The second-order valence-electron chi connectivity index (χ2n) is 7.48. The number of hydrogen-bond acceptors (Lipinski definition) is 4. The topological polar surface area (TPSA) is 72.9 Å². The first kappa shape index (κ1) is 20.6. The molecular weight excluding hydrogens is 375 g/mol. The number of nitrogens with zero attached hydrogens (tertiary/aromatic N) is 2. The number of carbonyl (C=O) groups excluding carboxylic acids is 2. The first-order chi connectivity index (χ1) is 13.1. The number of carbonyl (C=O) groups is 2. The molecule has 6 nitrogen and oxygen atoms in total. The number of likely N-dealkylation sites (tertiary alicyclic amines) is 1. The molecule has 9 heteroatoms. The Hall–Kier alpha value is -2.13. The molecule has 0 aliphatic carbocycles. The van der Waals surface area contributed by atoms with Crippen molar-refractivity contribution in [1.82, 2.24) is 15.1 Å². The van der Waals surface area contributed by atoms with Gasteiger partial charge in [-0.2, -0.15) is 13.2 Å². The van der Waals surface area contributed by atoms with Gasteiger partial charge in [-0.1, -0.05) is 12.1 Å². The van der Waals surface area contributed by atoms with E-state index in [4.69, 9.17) is 0 Å². The van der Waals surface area contributed by atoms with E-state index in [9.17, 15) is 27.9 Å². The summed E-state index contributed by atoms with van der Waals surface area (Å²) in [6.45, 7) is 1.67. The van der Waals surface area contributed by atoms with E-state index >= 15 is 0 Å². The summed E-state index contributed by atoms with van der Waals surface area (Å²) in [6.07, 6.45) is -4.14. The van der Waals surface area contributed by atoms with E-state index in [-0.39, 0.29) is 49.7 Å². The average molecular weight is 399 g/mol. The van der Waals surface area contributed by atoms with Crippen LogP contribution in [0.1, 0.15) is 30.4 Å². The lowest BCUT2D eigenvalue weighted by molar-refractivity contribution is -0.141. The van der Waals surface area contributed by atoms with Gasteiger partial charge in [0.1, 0.15) is 0 Å². The molecule has 0 spiro atoms. The Morgan fingerprint density at radius 2 is 1.96 bits per heavy atom. The first-order valence-electron chi connectivity index (χ1n) is 9.26. The number of rotatable bonds is 3. The molecule has 1 aromatic carbocycles. The summed E-state index contributed by atoms with van der Waals surface area (Å²) in [5.41, 5.74) is -2.00. The second kappa shape index (κ2) is 7.71. The summed E-state index contributed by atoms with van der Waals surface area (Å²) in [7, 11) is 1.79. The molecule has 2 aliphatic heterocycles. The predicted octanol–water partition coefficient (Wildman–Crippen LogP) is 1.34. The zero-order valence-electron chi connectivity index (χ0n) is 15.6. The summed E-state index contributed by atoms with van der Waals surface area (Å²) in [6, 6.07) is 4.18. The van der Waals surface area contributed by atoms with Crippen molar-refractivity contribution < 1.29 is 27.9 Å². The van der Waals surface area contributed by atoms with Gasteiger partial charge in [0.15, 0.2) is 0 Å². The molecule has 0 saturated carbocycles. The van der Waals surface area contributed by atoms with Crippen molar-refractivity contribution in [2.45, 2.75) is 37.1 Å². The van der Waals surface area contributed by atoms with Crippen molar-refractivity contribution in [3.05, 3.63) is 35.4 Å². The van der Waals surface area contributed by atoms with E-state index in [1.807, 2.05) is 4.90 Å². The zero-order chi connectivity index (χ0) is 20.5. The van der Waals surface area contributed by atoms with Gasteiger partial charge in [-0.15, -0.1) is 0 Å². The number of benzene rings is 1. The van der Waals surface area contributed by atoms with Gasteiger partial charge in [-0.25, -0.2) is 0 Å². The number of amides is 2. The second-order valence-corrected chi connectivity index (χ2v) is 7.48. The van der Waals surface area contributed by atoms with Crippen LogP contribution in [-0.4, -0.2) is 66.0 Å². The maximum atomic E-state index is 12.9. The Morgan fingerprint density at radius 3 is 2.57 bits per heavy atom.